The molecule has 1 atom stereocenters. The van der Waals surface area contributed by atoms with Crippen LogP contribution in [0.2, 0.25) is 0 Å². The van der Waals surface area contributed by atoms with Crippen molar-refractivity contribution in [3.63, 3.8) is 0 Å². The molecule has 0 N–H and O–H groups in total. The number of para-hydroxylation sites is 1. The number of fused-ring (bicyclic) bond motifs is 3. The normalized spacial score (nSPS) is 19.5. The van der Waals surface area contributed by atoms with E-state index in [0.29, 0.717) is 6.04 Å². The van der Waals surface area contributed by atoms with E-state index in [4.69, 9.17) is 4.74 Å². The largest absolute Gasteiger partial charge is 0.497 e. The van der Waals surface area contributed by atoms with Crippen LogP contribution in [-0.2, 0) is 6.54 Å². The lowest BCUT2D eigenvalue weighted by molar-refractivity contribution is 0.170. The van der Waals surface area contributed by atoms with Crippen LogP contribution in [0.15, 0.2) is 42.5 Å². The van der Waals surface area contributed by atoms with Crippen LogP contribution >= 0.6 is 0 Å². The number of likely N-dealkylation sites (N-methyl/N-ethyl adjacent to an activating group) is 1. The summed E-state index contributed by atoms with van der Waals surface area (Å²) >= 11 is 0. The van der Waals surface area contributed by atoms with Gasteiger partial charge >= 0.3 is 0 Å². The number of hydrogen-bond acceptors (Lipinski definition) is 2. The molecule has 23 heavy (non-hydrogen) atoms. The maximum absolute atomic E-state index is 5.43. The molecule has 2 aromatic carbocycles. The van der Waals surface area contributed by atoms with E-state index >= 15 is 0 Å². The molecular weight excluding hydrogens is 284 g/mol. The van der Waals surface area contributed by atoms with Crippen molar-refractivity contribution in [2.75, 3.05) is 20.7 Å². The van der Waals surface area contributed by atoms with Crippen LogP contribution in [0.4, 0.5) is 0 Å². The third kappa shape index (κ3) is 2.49. The van der Waals surface area contributed by atoms with E-state index in [2.05, 4.69) is 59.0 Å². The first-order valence-corrected chi connectivity index (χ1v) is 8.53. The van der Waals surface area contributed by atoms with Gasteiger partial charge in [0.2, 0.25) is 0 Å². The fourth-order valence-corrected chi connectivity index (χ4v) is 3.94. The summed E-state index contributed by atoms with van der Waals surface area (Å²) in [5.41, 5.74) is 2.64. The second kappa shape index (κ2) is 5.89. The van der Waals surface area contributed by atoms with Crippen molar-refractivity contribution in [1.29, 1.82) is 0 Å². The monoisotopic (exact) mass is 308 g/mol. The van der Waals surface area contributed by atoms with Crippen molar-refractivity contribution in [2.24, 2.45) is 0 Å². The lowest BCUT2D eigenvalue weighted by atomic mass is 10.0. The number of rotatable bonds is 3. The van der Waals surface area contributed by atoms with Gasteiger partial charge in [-0.3, -0.25) is 0 Å². The number of methoxy groups -OCH3 is 1. The zero-order valence-corrected chi connectivity index (χ0v) is 14.0. The molecule has 4 rings (SSSR count). The first-order chi connectivity index (χ1) is 11.3. The Morgan fingerprint density at radius 2 is 1.87 bits per heavy atom. The molecule has 3 heteroatoms. The molecule has 1 aromatic heterocycles. The Hall–Kier alpha value is -2.00. The molecule has 0 saturated carbocycles. The van der Waals surface area contributed by atoms with Crippen LogP contribution in [-0.4, -0.2) is 36.2 Å². The van der Waals surface area contributed by atoms with Crippen molar-refractivity contribution in [2.45, 2.75) is 31.8 Å². The first kappa shape index (κ1) is 14.6. The predicted molar refractivity (Wildman–Crippen MR) is 96.3 cm³/mol. The van der Waals surface area contributed by atoms with Gasteiger partial charge < -0.3 is 14.2 Å². The van der Waals surface area contributed by atoms with Crippen molar-refractivity contribution in [3.8, 4) is 5.75 Å². The molecular formula is C20H24N2O. The molecule has 0 spiro atoms. The SMILES string of the molecule is COc1ccc2c(c1)c1ccccc1n2CC1CCCCN1C. The maximum atomic E-state index is 5.43. The molecule has 3 nitrogen and oxygen atoms in total. The van der Waals surface area contributed by atoms with E-state index in [1.807, 2.05) is 0 Å². The molecule has 1 aliphatic rings. The summed E-state index contributed by atoms with van der Waals surface area (Å²) in [4.78, 5) is 2.52. The molecule has 1 aliphatic heterocycles. The van der Waals surface area contributed by atoms with Crippen molar-refractivity contribution >= 4 is 21.8 Å². The maximum Gasteiger partial charge on any atom is 0.119 e. The van der Waals surface area contributed by atoms with Gasteiger partial charge in [-0.1, -0.05) is 24.6 Å². The van der Waals surface area contributed by atoms with Gasteiger partial charge in [0.05, 0.1) is 7.11 Å². The predicted octanol–water partition coefficient (Wildman–Crippen LogP) is 4.29. The topological polar surface area (TPSA) is 17.4 Å². The first-order valence-electron chi connectivity index (χ1n) is 8.53. The molecule has 3 aromatic rings. The van der Waals surface area contributed by atoms with E-state index in [0.717, 1.165) is 12.3 Å². The Morgan fingerprint density at radius 1 is 1.04 bits per heavy atom. The molecule has 120 valence electrons. The highest BCUT2D eigenvalue weighted by molar-refractivity contribution is 6.08. The molecule has 0 bridgehead atoms. The molecule has 0 amide bonds. The zero-order chi connectivity index (χ0) is 15.8. The fraction of sp³-hybridized carbons (Fsp3) is 0.400. The Bertz CT molecular complexity index is 836. The van der Waals surface area contributed by atoms with Crippen LogP contribution in [0.1, 0.15) is 19.3 Å². The van der Waals surface area contributed by atoms with E-state index in [1.54, 1.807) is 7.11 Å². The van der Waals surface area contributed by atoms with Gasteiger partial charge in [-0.2, -0.15) is 0 Å². The van der Waals surface area contributed by atoms with Crippen molar-refractivity contribution < 1.29 is 4.74 Å². The molecule has 1 saturated heterocycles. The van der Waals surface area contributed by atoms with Crippen molar-refractivity contribution in [3.05, 3.63) is 42.5 Å². The van der Waals surface area contributed by atoms with Gasteiger partial charge in [0, 0.05) is 34.4 Å². The standard InChI is InChI=1S/C20H24N2O/c1-21-12-6-5-7-15(21)14-22-19-9-4-3-8-17(19)18-13-16(23-2)10-11-20(18)22/h3-4,8-11,13,15H,5-7,12,14H2,1-2H3. The summed E-state index contributed by atoms with van der Waals surface area (Å²) in [5, 5.41) is 2.61. The summed E-state index contributed by atoms with van der Waals surface area (Å²) in [5.74, 6) is 0.926. The summed E-state index contributed by atoms with van der Waals surface area (Å²) in [6.45, 7) is 2.28. The quantitative estimate of drug-likeness (QED) is 0.718. The average Bonchev–Trinajstić information content (AvgIpc) is 2.90. The second-order valence-electron chi connectivity index (χ2n) is 6.64. The minimum atomic E-state index is 0.629. The summed E-state index contributed by atoms with van der Waals surface area (Å²) < 4.78 is 7.93. The molecule has 1 fully saturated rings. The highest BCUT2D eigenvalue weighted by Gasteiger charge is 2.21. The molecule has 1 unspecified atom stereocenters. The van der Waals surface area contributed by atoms with E-state index < -0.39 is 0 Å². The summed E-state index contributed by atoms with van der Waals surface area (Å²) in [7, 11) is 4.00. The number of hydrogen-bond donors (Lipinski definition) is 0. The van der Waals surface area contributed by atoms with E-state index in [-0.39, 0.29) is 0 Å². The third-order valence-electron chi connectivity index (χ3n) is 5.29. The molecule has 2 heterocycles. The van der Waals surface area contributed by atoms with Crippen LogP contribution in [0.3, 0.4) is 0 Å². The highest BCUT2D eigenvalue weighted by Crippen LogP contribution is 2.32. The smallest absolute Gasteiger partial charge is 0.119 e. The highest BCUT2D eigenvalue weighted by atomic mass is 16.5. The van der Waals surface area contributed by atoms with E-state index in [1.165, 1.54) is 47.6 Å². The lowest BCUT2D eigenvalue weighted by Crippen LogP contribution is -2.39. The number of piperidine rings is 1. The van der Waals surface area contributed by atoms with Crippen LogP contribution < -0.4 is 4.74 Å². The number of nitrogens with zero attached hydrogens (tertiary/aromatic N) is 2. The summed E-state index contributed by atoms with van der Waals surface area (Å²) in [6, 6.07) is 15.8. The molecule has 0 aliphatic carbocycles. The van der Waals surface area contributed by atoms with Gasteiger partial charge in [0.1, 0.15) is 5.75 Å². The number of ether oxygens (including phenoxy) is 1. The Labute approximate surface area is 137 Å². The number of likely N-dealkylation sites (tertiary alicyclic amines) is 1. The Morgan fingerprint density at radius 3 is 2.70 bits per heavy atom. The number of benzene rings is 2. The van der Waals surface area contributed by atoms with Gasteiger partial charge in [0.15, 0.2) is 0 Å². The Balaban J connectivity index is 1.86. The minimum Gasteiger partial charge on any atom is -0.497 e. The van der Waals surface area contributed by atoms with Crippen LogP contribution in [0.25, 0.3) is 21.8 Å². The lowest BCUT2D eigenvalue weighted by Gasteiger charge is -2.33. The van der Waals surface area contributed by atoms with Crippen molar-refractivity contribution in [1.82, 2.24) is 9.47 Å². The summed E-state index contributed by atoms with van der Waals surface area (Å²) in [6.07, 6.45) is 3.97. The van der Waals surface area contributed by atoms with Crippen LogP contribution in [0.5, 0.6) is 5.75 Å². The van der Waals surface area contributed by atoms with Gasteiger partial charge in [0.25, 0.3) is 0 Å². The fourth-order valence-electron chi connectivity index (χ4n) is 3.94. The van der Waals surface area contributed by atoms with Gasteiger partial charge in [-0.25, -0.2) is 0 Å². The average molecular weight is 308 g/mol. The second-order valence-corrected chi connectivity index (χ2v) is 6.64. The van der Waals surface area contributed by atoms with Gasteiger partial charge in [-0.15, -0.1) is 0 Å². The van der Waals surface area contributed by atoms with Gasteiger partial charge in [-0.05, 0) is 50.7 Å². The molecule has 0 radical (unpaired) electrons. The number of aromatic nitrogens is 1. The van der Waals surface area contributed by atoms with E-state index in [9.17, 15) is 0 Å². The minimum absolute atomic E-state index is 0.629. The zero-order valence-electron chi connectivity index (χ0n) is 14.0. The van der Waals surface area contributed by atoms with Crippen LogP contribution in [0, 0.1) is 0 Å². The third-order valence-corrected chi connectivity index (χ3v) is 5.29. The Kier molecular flexibility index (Phi) is 3.74.